The molecule has 0 aliphatic carbocycles. The van der Waals surface area contributed by atoms with Crippen LogP contribution in [0.4, 0.5) is 8.78 Å². The summed E-state index contributed by atoms with van der Waals surface area (Å²) in [6.07, 6.45) is 0.459. The molecule has 7 heteroatoms. The summed E-state index contributed by atoms with van der Waals surface area (Å²) in [6.45, 7) is 0.232. The van der Waals surface area contributed by atoms with Crippen molar-refractivity contribution >= 4 is 17.7 Å². The van der Waals surface area contributed by atoms with Gasteiger partial charge in [-0.25, -0.2) is 8.78 Å². The Morgan fingerprint density at radius 2 is 1.73 bits per heavy atom. The Balaban J connectivity index is 1.49. The van der Waals surface area contributed by atoms with Gasteiger partial charge in [-0.2, -0.15) is 0 Å². The minimum Gasteiger partial charge on any atom is -0.356 e. The lowest BCUT2D eigenvalue weighted by atomic mass is 10.1. The molecule has 3 rings (SSSR count). The number of imide groups is 1. The molecule has 0 radical (unpaired) electrons. The van der Waals surface area contributed by atoms with Gasteiger partial charge in [-0.1, -0.05) is 18.2 Å². The maximum Gasteiger partial charge on any atom is 0.264 e. The van der Waals surface area contributed by atoms with Crippen LogP contribution in [0.15, 0.2) is 42.5 Å². The molecule has 1 aliphatic rings. The lowest BCUT2D eigenvalue weighted by Crippen LogP contribution is -2.35. The number of hydrogen-bond donors (Lipinski definition) is 1. The zero-order valence-corrected chi connectivity index (χ0v) is 13.8. The molecule has 1 aliphatic heterocycles. The van der Waals surface area contributed by atoms with Crippen LogP contribution in [0, 0.1) is 11.6 Å². The molecule has 3 amide bonds. The third kappa shape index (κ3) is 3.61. The number of rotatable bonds is 6. The van der Waals surface area contributed by atoms with Crippen molar-refractivity contribution < 1.29 is 23.2 Å². The second-order valence-electron chi connectivity index (χ2n) is 5.90. The molecule has 1 N–H and O–H groups in total. The number of carbonyl (C=O) groups excluding carboxylic acids is 3. The smallest absolute Gasteiger partial charge is 0.264 e. The second-order valence-corrected chi connectivity index (χ2v) is 5.90. The van der Waals surface area contributed by atoms with Gasteiger partial charge < -0.3 is 5.32 Å². The first kappa shape index (κ1) is 17.7. The van der Waals surface area contributed by atoms with E-state index in [4.69, 9.17) is 0 Å². The number of carbonyl (C=O) groups is 3. The number of nitrogens with zero attached hydrogens (tertiary/aromatic N) is 1. The molecular formula is C19H16F2N2O3. The van der Waals surface area contributed by atoms with Gasteiger partial charge in [0.1, 0.15) is 11.6 Å². The van der Waals surface area contributed by atoms with Crippen LogP contribution in [0.2, 0.25) is 0 Å². The number of amides is 3. The summed E-state index contributed by atoms with van der Waals surface area (Å²) in [5.41, 5.74) is 0.656. The summed E-state index contributed by atoms with van der Waals surface area (Å²) >= 11 is 0. The molecule has 0 saturated heterocycles. The maximum absolute atomic E-state index is 13.7. The molecule has 0 fully saturated rings. The lowest BCUT2D eigenvalue weighted by molar-refractivity contribution is -0.121. The van der Waals surface area contributed by atoms with Crippen molar-refractivity contribution in [2.75, 3.05) is 13.1 Å². The Bertz CT molecular complexity index is 866. The highest BCUT2D eigenvalue weighted by Gasteiger charge is 2.37. The Hall–Kier alpha value is -3.09. The van der Waals surface area contributed by atoms with Crippen LogP contribution in [-0.4, -0.2) is 35.7 Å². The predicted octanol–water partition coefficient (Wildman–Crippen LogP) is 2.31. The zero-order valence-electron chi connectivity index (χ0n) is 13.8. The van der Waals surface area contributed by atoms with Gasteiger partial charge in [-0.15, -0.1) is 0 Å². The largest absolute Gasteiger partial charge is 0.356 e. The summed E-state index contributed by atoms with van der Waals surface area (Å²) in [6, 6.07) is 9.84. The van der Waals surface area contributed by atoms with Crippen molar-refractivity contribution in [3.8, 4) is 0 Å². The molecule has 5 nitrogen and oxygen atoms in total. The number of benzene rings is 2. The van der Waals surface area contributed by atoms with E-state index in [1.165, 1.54) is 24.3 Å². The van der Waals surface area contributed by atoms with Gasteiger partial charge in [-0.3, -0.25) is 19.3 Å². The Labute approximate surface area is 148 Å². The third-order valence-electron chi connectivity index (χ3n) is 4.16. The van der Waals surface area contributed by atoms with Gasteiger partial charge in [0.05, 0.1) is 11.1 Å². The molecule has 0 atom stereocenters. The van der Waals surface area contributed by atoms with Crippen molar-refractivity contribution in [1.29, 1.82) is 0 Å². The number of hydrogen-bond acceptors (Lipinski definition) is 3. The Morgan fingerprint density at radius 3 is 2.42 bits per heavy atom. The van der Waals surface area contributed by atoms with Crippen LogP contribution in [0.5, 0.6) is 0 Å². The molecule has 2 aromatic rings. The molecule has 0 spiro atoms. The van der Waals surface area contributed by atoms with Crippen LogP contribution in [-0.2, 0) is 11.2 Å². The van der Waals surface area contributed by atoms with Gasteiger partial charge in [0, 0.05) is 19.5 Å². The molecule has 0 bridgehead atoms. The summed E-state index contributed by atoms with van der Waals surface area (Å²) in [5.74, 6) is -2.71. The number of fused-ring (bicyclic) bond motifs is 1. The molecule has 0 saturated carbocycles. The minimum absolute atomic E-state index is 0.0201. The highest BCUT2D eigenvalue weighted by atomic mass is 19.1. The van der Waals surface area contributed by atoms with Crippen molar-refractivity contribution in [3.05, 3.63) is 70.8 Å². The maximum atomic E-state index is 13.7. The highest BCUT2D eigenvalue weighted by Crippen LogP contribution is 2.25. The third-order valence-corrected chi connectivity index (χ3v) is 4.16. The normalized spacial score (nSPS) is 13.1. The molecule has 2 aromatic carbocycles. The van der Waals surface area contributed by atoms with Crippen LogP contribution >= 0.6 is 0 Å². The summed E-state index contributed by atoms with van der Waals surface area (Å²) in [4.78, 5) is 37.1. The lowest BCUT2D eigenvalue weighted by Gasteiger charge is -2.13. The number of halogens is 2. The van der Waals surface area contributed by atoms with Gasteiger partial charge >= 0.3 is 0 Å². The fourth-order valence-electron chi connectivity index (χ4n) is 2.79. The standard InChI is InChI=1S/C19H16F2N2O3/c20-13-6-4-12(5-7-13)8-10-22-16(24)9-11-23-18(25)14-2-1-3-15(21)17(14)19(23)26/h1-7H,8-11H2,(H,22,24). The first-order chi connectivity index (χ1) is 12.5. The topological polar surface area (TPSA) is 66.5 Å². The molecule has 0 unspecified atom stereocenters. The molecule has 134 valence electrons. The molecule has 26 heavy (non-hydrogen) atoms. The first-order valence-electron chi connectivity index (χ1n) is 8.13. The summed E-state index contributed by atoms with van der Waals surface area (Å²) < 4.78 is 26.6. The average molecular weight is 358 g/mol. The fraction of sp³-hybridized carbons (Fsp3) is 0.211. The van der Waals surface area contributed by atoms with Gasteiger partial charge in [0.2, 0.25) is 5.91 Å². The SMILES string of the molecule is O=C(CCN1C(=O)c2cccc(F)c2C1=O)NCCc1ccc(F)cc1. The monoisotopic (exact) mass is 358 g/mol. The van der Waals surface area contributed by atoms with Crippen LogP contribution < -0.4 is 5.32 Å². The Kier molecular flexibility index (Phi) is 5.06. The van der Waals surface area contributed by atoms with Gasteiger partial charge in [-0.05, 0) is 36.2 Å². The van der Waals surface area contributed by atoms with E-state index >= 15 is 0 Å². The van der Waals surface area contributed by atoms with Crippen LogP contribution in [0.25, 0.3) is 0 Å². The van der Waals surface area contributed by atoms with Crippen molar-refractivity contribution in [3.63, 3.8) is 0 Å². The minimum atomic E-state index is -0.743. The van der Waals surface area contributed by atoms with E-state index in [0.29, 0.717) is 13.0 Å². The van der Waals surface area contributed by atoms with E-state index in [2.05, 4.69) is 5.32 Å². The van der Waals surface area contributed by atoms with Crippen LogP contribution in [0.3, 0.4) is 0 Å². The van der Waals surface area contributed by atoms with Crippen molar-refractivity contribution in [2.45, 2.75) is 12.8 Å². The zero-order chi connectivity index (χ0) is 18.7. The quantitative estimate of drug-likeness (QED) is 0.806. The fourth-order valence-corrected chi connectivity index (χ4v) is 2.79. The second kappa shape index (κ2) is 7.43. The van der Waals surface area contributed by atoms with E-state index in [0.717, 1.165) is 16.5 Å². The Morgan fingerprint density at radius 1 is 1.00 bits per heavy atom. The number of nitrogens with one attached hydrogen (secondary N) is 1. The van der Waals surface area contributed by atoms with Crippen molar-refractivity contribution in [1.82, 2.24) is 10.2 Å². The van der Waals surface area contributed by atoms with E-state index < -0.39 is 17.6 Å². The molecular weight excluding hydrogens is 342 g/mol. The van der Waals surface area contributed by atoms with Gasteiger partial charge in [0.15, 0.2) is 0 Å². The van der Waals surface area contributed by atoms with E-state index in [1.54, 1.807) is 12.1 Å². The summed E-state index contributed by atoms with van der Waals surface area (Å²) in [5, 5.41) is 2.68. The first-order valence-corrected chi connectivity index (χ1v) is 8.13. The summed E-state index contributed by atoms with van der Waals surface area (Å²) in [7, 11) is 0. The predicted molar refractivity (Wildman–Crippen MR) is 89.5 cm³/mol. The molecule has 0 aromatic heterocycles. The van der Waals surface area contributed by atoms with E-state index in [-0.39, 0.29) is 35.8 Å². The molecule has 1 heterocycles. The average Bonchev–Trinajstić information content (AvgIpc) is 2.87. The van der Waals surface area contributed by atoms with E-state index in [9.17, 15) is 23.2 Å². The van der Waals surface area contributed by atoms with E-state index in [1.807, 2.05) is 0 Å². The van der Waals surface area contributed by atoms with Crippen LogP contribution in [0.1, 0.15) is 32.7 Å². The van der Waals surface area contributed by atoms with Gasteiger partial charge in [0.25, 0.3) is 11.8 Å². The van der Waals surface area contributed by atoms with Crippen molar-refractivity contribution in [2.24, 2.45) is 0 Å². The highest BCUT2D eigenvalue weighted by molar-refractivity contribution is 6.21.